The van der Waals surface area contributed by atoms with Crippen molar-refractivity contribution < 1.29 is 23.1 Å². The van der Waals surface area contributed by atoms with E-state index in [0.717, 1.165) is 11.1 Å². The Morgan fingerprint density at radius 2 is 2.21 bits per heavy atom. The van der Waals surface area contributed by atoms with Crippen LogP contribution >= 0.6 is 11.8 Å². The number of carbonyl (C=O) groups is 2. The van der Waals surface area contributed by atoms with Crippen LogP contribution in [0.1, 0.15) is 18.8 Å². The van der Waals surface area contributed by atoms with E-state index in [1.807, 2.05) is 12.1 Å². The second kappa shape index (κ2) is 7.00. The highest BCUT2D eigenvalue weighted by molar-refractivity contribution is 8.01. The molecule has 9 heteroatoms. The van der Waals surface area contributed by atoms with E-state index in [-0.39, 0.29) is 24.8 Å². The minimum Gasteiger partial charge on any atom is -0.457 e. The Morgan fingerprint density at radius 3 is 3.00 bits per heavy atom. The standard InChI is InChI=1S/C15H13F2N3O3S/c16-15(17)20-6-5-18-12(20)8-23-13(21)7-11-14(22)19-9-3-1-2-4-10(9)24-11/h1-6,11,15H,7-8H2,(H,19,22)/t11-/m1/s1. The highest BCUT2D eigenvalue weighted by Crippen LogP contribution is 2.36. The van der Waals surface area contributed by atoms with Gasteiger partial charge < -0.3 is 10.1 Å². The van der Waals surface area contributed by atoms with Gasteiger partial charge in [-0.05, 0) is 12.1 Å². The van der Waals surface area contributed by atoms with Crippen molar-refractivity contribution in [2.24, 2.45) is 0 Å². The summed E-state index contributed by atoms with van der Waals surface area (Å²) in [7, 11) is 0. The summed E-state index contributed by atoms with van der Waals surface area (Å²) < 4.78 is 30.9. The molecule has 2 heterocycles. The quantitative estimate of drug-likeness (QED) is 0.837. The molecule has 0 aliphatic carbocycles. The lowest BCUT2D eigenvalue weighted by atomic mass is 10.2. The van der Waals surface area contributed by atoms with Crippen molar-refractivity contribution in [3.8, 4) is 0 Å². The summed E-state index contributed by atoms with van der Waals surface area (Å²) >= 11 is 1.27. The van der Waals surface area contributed by atoms with Gasteiger partial charge in [-0.1, -0.05) is 12.1 Å². The minimum absolute atomic E-state index is 0.0514. The van der Waals surface area contributed by atoms with Crippen molar-refractivity contribution in [3.05, 3.63) is 42.5 Å². The van der Waals surface area contributed by atoms with Gasteiger partial charge in [-0.15, -0.1) is 11.8 Å². The topological polar surface area (TPSA) is 73.2 Å². The Labute approximate surface area is 140 Å². The zero-order valence-electron chi connectivity index (χ0n) is 12.3. The molecule has 0 saturated carbocycles. The monoisotopic (exact) mass is 353 g/mol. The third kappa shape index (κ3) is 3.56. The van der Waals surface area contributed by atoms with Crippen LogP contribution in [0.5, 0.6) is 0 Å². The van der Waals surface area contributed by atoms with E-state index in [1.54, 1.807) is 12.1 Å². The second-order valence-corrected chi connectivity index (χ2v) is 6.23. The predicted molar refractivity (Wildman–Crippen MR) is 82.6 cm³/mol. The number of nitrogens with one attached hydrogen (secondary N) is 1. The average Bonchev–Trinajstić information content (AvgIpc) is 3.02. The molecule has 1 aliphatic rings. The van der Waals surface area contributed by atoms with Crippen LogP contribution < -0.4 is 5.32 Å². The van der Waals surface area contributed by atoms with Crippen LogP contribution in [0, 0.1) is 0 Å². The molecule has 126 valence electrons. The first-order valence-corrected chi connectivity index (χ1v) is 7.94. The number of hydrogen-bond acceptors (Lipinski definition) is 5. The van der Waals surface area contributed by atoms with Crippen molar-refractivity contribution in [1.82, 2.24) is 9.55 Å². The van der Waals surface area contributed by atoms with Gasteiger partial charge in [0.25, 0.3) is 0 Å². The van der Waals surface area contributed by atoms with Crippen LogP contribution in [0.4, 0.5) is 14.5 Å². The first-order valence-electron chi connectivity index (χ1n) is 7.06. The number of hydrogen-bond donors (Lipinski definition) is 1. The zero-order chi connectivity index (χ0) is 17.1. The number of carbonyl (C=O) groups excluding carboxylic acids is 2. The molecule has 1 aromatic carbocycles. The fourth-order valence-corrected chi connectivity index (χ4v) is 3.31. The van der Waals surface area contributed by atoms with E-state index in [0.29, 0.717) is 10.3 Å². The van der Waals surface area contributed by atoms with Gasteiger partial charge in [0.05, 0.1) is 17.4 Å². The van der Waals surface area contributed by atoms with Crippen molar-refractivity contribution in [3.63, 3.8) is 0 Å². The van der Waals surface area contributed by atoms with Gasteiger partial charge in [-0.25, -0.2) is 4.98 Å². The van der Waals surface area contributed by atoms with Crippen LogP contribution in [0.2, 0.25) is 0 Å². The smallest absolute Gasteiger partial charge is 0.320 e. The molecule has 0 radical (unpaired) electrons. The van der Waals surface area contributed by atoms with Crippen LogP contribution in [0.25, 0.3) is 0 Å². The number of amides is 1. The molecule has 1 amide bonds. The second-order valence-electron chi connectivity index (χ2n) is 4.99. The number of thioether (sulfide) groups is 1. The lowest BCUT2D eigenvalue weighted by Gasteiger charge is -2.23. The van der Waals surface area contributed by atoms with E-state index in [9.17, 15) is 18.4 Å². The number of alkyl halides is 2. The minimum atomic E-state index is -2.75. The fraction of sp³-hybridized carbons (Fsp3) is 0.267. The van der Waals surface area contributed by atoms with E-state index < -0.39 is 17.8 Å². The summed E-state index contributed by atoms with van der Waals surface area (Å²) in [6.45, 7) is -3.12. The lowest BCUT2D eigenvalue weighted by molar-refractivity contribution is -0.146. The van der Waals surface area contributed by atoms with Gasteiger partial charge in [0.2, 0.25) is 5.91 Å². The number of para-hydroxylation sites is 1. The van der Waals surface area contributed by atoms with E-state index in [1.165, 1.54) is 18.0 Å². The number of aromatic nitrogens is 2. The van der Waals surface area contributed by atoms with Crippen molar-refractivity contribution >= 4 is 29.3 Å². The van der Waals surface area contributed by atoms with Gasteiger partial charge in [0, 0.05) is 17.3 Å². The molecule has 1 atom stereocenters. The molecule has 0 bridgehead atoms. The molecule has 3 rings (SSSR count). The van der Waals surface area contributed by atoms with Gasteiger partial charge >= 0.3 is 12.5 Å². The molecular weight excluding hydrogens is 340 g/mol. The number of anilines is 1. The molecular formula is C15H13F2N3O3S. The number of halogens is 2. The Bertz CT molecular complexity index is 766. The number of ether oxygens (including phenoxy) is 1. The zero-order valence-corrected chi connectivity index (χ0v) is 13.1. The first-order chi connectivity index (χ1) is 11.5. The maximum absolute atomic E-state index is 12.7. The Kier molecular flexibility index (Phi) is 4.79. The first kappa shape index (κ1) is 16.4. The Balaban J connectivity index is 1.57. The normalized spacial score (nSPS) is 16.6. The van der Waals surface area contributed by atoms with Crippen molar-refractivity contribution in [2.45, 2.75) is 29.7 Å². The maximum Gasteiger partial charge on any atom is 0.320 e. The van der Waals surface area contributed by atoms with Crippen LogP contribution in [-0.2, 0) is 20.9 Å². The molecule has 1 aliphatic heterocycles. The third-order valence-electron chi connectivity index (χ3n) is 3.38. The highest BCUT2D eigenvalue weighted by atomic mass is 32.2. The largest absolute Gasteiger partial charge is 0.457 e. The maximum atomic E-state index is 12.7. The van der Waals surface area contributed by atoms with Gasteiger partial charge in [-0.3, -0.25) is 14.2 Å². The average molecular weight is 353 g/mol. The van der Waals surface area contributed by atoms with Crippen molar-refractivity contribution in [2.75, 3.05) is 5.32 Å². The molecule has 0 spiro atoms. The molecule has 6 nitrogen and oxygen atoms in total. The van der Waals surface area contributed by atoms with Gasteiger partial charge in [-0.2, -0.15) is 8.78 Å². The number of benzene rings is 1. The van der Waals surface area contributed by atoms with E-state index in [4.69, 9.17) is 4.74 Å². The number of imidazole rings is 1. The summed E-state index contributed by atoms with van der Waals surface area (Å²) in [5.74, 6) is -0.986. The number of fused-ring (bicyclic) bond motifs is 1. The lowest BCUT2D eigenvalue weighted by Crippen LogP contribution is -2.31. The highest BCUT2D eigenvalue weighted by Gasteiger charge is 2.29. The Hall–Kier alpha value is -2.42. The number of rotatable bonds is 5. The molecule has 1 aromatic heterocycles. The summed E-state index contributed by atoms with van der Waals surface area (Å²) in [5.41, 5.74) is 0.705. The summed E-state index contributed by atoms with van der Waals surface area (Å²) in [5, 5.41) is 2.10. The van der Waals surface area contributed by atoms with E-state index >= 15 is 0 Å². The number of nitrogens with zero attached hydrogens (tertiary/aromatic N) is 2. The SMILES string of the molecule is O=C(C[C@H]1Sc2ccccc2NC1=O)OCc1nccn1C(F)F. The third-order valence-corrected chi connectivity index (χ3v) is 4.66. The summed E-state index contributed by atoms with van der Waals surface area (Å²) in [4.78, 5) is 28.5. The number of esters is 1. The molecule has 0 unspecified atom stereocenters. The van der Waals surface area contributed by atoms with E-state index in [2.05, 4.69) is 10.3 Å². The predicted octanol–water partition coefficient (Wildman–Crippen LogP) is 2.82. The van der Waals surface area contributed by atoms with Crippen LogP contribution in [0.15, 0.2) is 41.6 Å². The Morgan fingerprint density at radius 1 is 1.42 bits per heavy atom. The molecule has 1 N–H and O–H groups in total. The molecule has 24 heavy (non-hydrogen) atoms. The van der Waals surface area contributed by atoms with Gasteiger partial charge in [0.1, 0.15) is 6.61 Å². The fourth-order valence-electron chi connectivity index (χ4n) is 2.22. The van der Waals surface area contributed by atoms with Crippen LogP contribution in [0.3, 0.4) is 0 Å². The molecule has 2 aromatic rings. The van der Waals surface area contributed by atoms with Gasteiger partial charge in [0.15, 0.2) is 5.82 Å². The summed E-state index contributed by atoms with van der Waals surface area (Å²) in [6, 6.07) is 7.26. The molecule has 0 saturated heterocycles. The van der Waals surface area contributed by atoms with Crippen molar-refractivity contribution in [1.29, 1.82) is 0 Å². The van der Waals surface area contributed by atoms with Crippen LogP contribution in [-0.4, -0.2) is 26.7 Å². The molecule has 0 fully saturated rings. The summed E-state index contributed by atoms with van der Waals surface area (Å²) in [6.07, 6.45) is 2.16.